The molecule has 1 fully saturated rings. The Balaban J connectivity index is 1.29. The molecule has 1 aliphatic heterocycles. The monoisotopic (exact) mass is 421 g/mol. The standard InChI is InChI=1S/C25H28FN3O2/c1-28(25(30)24-16-23(27-31-24)21-7-3-2-4-8-21)17-20-6-5-14-29(18-20)15-13-19-9-11-22(26)12-10-19/h2-4,7-12,16,20H,5-6,13-15,17-18H2,1H3/t20-/m0/s1. The average molecular weight is 422 g/mol. The Morgan fingerprint density at radius 2 is 1.97 bits per heavy atom. The van der Waals surface area contributed by atoms with Crippen molar-refractivity contribution in [2.75, 3.05) is 33.2 Å². The first-order chi connectivity index (χ1) is 15.1. The molecule has 0 saturated carbocycles. The van der Waals surface area contributed by atoms with Gasteiger partial charge < -0.3 is 14.3 Å². The molecule has 1 amide bonds. The lowest BCUT2D eigenvalue weighted by Gasteiger charge is -2.34. The van der Waals surface area contributed by atoms with E-state index in [1.165, 1.54) is 12.1 Å². The largest absolute Gasteiger partial charge is 0.350 e. The van der Waals surface area contributed by atoms with E-state index in [1.807, 2.05) is 49.5 Å². The fraction of sp³-hybridized carbons (Fsp3) is 0.360. The van der Waals surface area contributed by atoms with Gasteiger partial charge in [-0.2, -0.15) is 0 Å². The molecule has 5 nitrogen and oxygen atoms in total. The van der Waals surface area contributed by atoms with E-state index >= 15 is 0 Å². The Morgan fingerprint density at radius 3 is 2.74 bits per heavy atom. The van der Waals surface area contributed by atoms with Crippen LogP contribution in [0.25, 0.3) is 11.3 Å². The normalized spacial score (nSPS) is 16.9. The first-order valence-electron chi connectivity index (χ1n) is 10.8. The van der Waals surface area contributed by atoms with E-state index in [1.54, 1.807) is 11.0 Å². The lowest BCUT2D eigenvalue weighted by Crippen LogP contribution is -2.42. The number of carbonyl (C=O) groups excluding carboxylic acids is 1. The van der Waals surface area contributed by atoms with Crippen LogP contribution in [0.1, 0.15) is 29.0 Å². The molecular weight excluding hydrogens is 393 g/mol. The Morgan fingerprint density at radius 1 is 1.19 bits per heavy atom. The van der Waals surface area contributed by atoms with Crippen LogP contribution in [0.4, 0.5) is 4.39 Å². The smallest absolute Gasteiger partial charge is 0.292 e. The zero-order valence-corrected chi connectivity index (χ0v) is 17.8. The van der Waals surface area contributed by atoms with Gasteiger partial charge in [0.05, 0.1) is 0 Å². The van der Waals surface area contributed by atoms with E-state index in [-0.39, 0.29) is 17.5 Å². The number of nitrogens with zero attached hydrogens (tertiary/aromatic N) is 3. The number of hydrogen-bond acceptors (Lipinski definition) is 4. The van der Waals surface area contributed by atoms with Crippen molar-refractivity contribution in [1.82, 2.24) is 15.0 Å². The zero-order chi connectivity index (χ0) is 21.6. The topological polar surface area (TPSA) is 49.6 Å². The summed E-state index contributed by atoms with van der Waals surface area (Å²) in [5, 5.41) is 4.05. The minimum Gasteiger partial charge on any atom is -0.350 e. The zero-order valence-electron chi connectivity index (χ0n) is 17.8. The van der Waals surface area contributed by atoms with Gasteiger partial charge in [-0.1, -0.05) is 47.6 Å². The van der Waals surface area contributed by atoms with E-state index in [0.717, 1.165) is 50.0 Å². The van der Waals surface area contributed by atoms with Gasteiger partial charge in [-0.25, -0.2) is 4.39 Å². The summed E-state index contributed by atoms with van der Waals surface area (Å²) in [6.07, 6.45) is 3.13. The van der Waals surface area contributed by atoms with Gasteiger partial charge in [0, 0.05) is 38.3 Å². The number of likely N-dealkylation sites (tertiary alicyclic amines) is 1. The summed E-state index contributed by atoms with van der Waals surface area (Å²) in [6, 6.07) is 18.1. The molecule has 1 aliphatic rings. The summed E-state index contributed by atoms with van der Waals surface area (Å²) in [4.78, 5) is 17.0. The molecule has 0 bridgehead atoms. The number of hydrogen-bond donors (Lipinski definition) is 0. The van der Waals surface area contributed by atoms with E-state index in [9.17, 15) is 9.18 Å². The van der Waals surface area contributed by atoms with Crippen molar-refractivity contribution in [3.8, 4) is 11.3 Å². The predicted molar refractivity (Wildman–Crippen MR) is 118 cm³/mol. The highest BCUT2D eigenvalue weighted by atomic mass is 19.1. The highest BCUT2D eigenvalue weighted by molar-refractivity contribution is 5.92. The van der Waals surface area contributed by atoms with Crippen molar-refractivity contribution >= 4 is 5.91 Å². The van der Waals surface area contributed by atoms with Gasteiger partial charge in [0.15, 0.2) is 0 Å². The summed E-state index contributed by atoms with van der Waals surface area (Å²) >= 11 is 0. The number of carbonyl (C=O) groups is 1. The highest BCUT2D eigenvalue weighted by Crippen LogP contribution is 2.21. The molecule has 2 aromatic carbocycles. The first kappa shape index (κ1) is 21.2. The fourth-order valence-corrected chi connectivity index (χ4v) is 4.22. The van der Waals surface area contributed by atoms with Crippen LogP contribution in [0.2, 0.25) is 0 Å². The number of rotatable bonds is 7. The van der Waals surface area contributed by atoms with E-state index < -0.39 is 0 Å². The van der Waals surface area contributed by atoms with Gasteiger partial charge in [-0.15, -0.1) is 0 Å². The SMILES string of the molecule is CN(C[C@@H]1CCCN(CCc2ccc(F)cc2)C1)C(=O)c1cc(-c2ccccc2)no1. The third-order valence-corrected chi connectivity index (χ3v) is 5.90. The van der Waals surface area contributed by atoms with Gasteiger partial charge in [0.2, 0.25) is 5.76 Å². The molecule has 3 aromatic rings. The summed E-state index contributed by atoms with van der Waals surface area (Å²) in [5.74, 6) is 0.355. The fourth-order valence-electron chi connectivity index (χ4n) is 4.22. The van der Waals surface area contributed by atoms with Crippen LogP contribution in [0.15, 0.2) is 65.2 Å². The molecule has 0 spiro atoms. The molecule has 0 unspecified atom stereocenters. The molecule has 1 saturated heterocycles. The minimum absolute atomic E-state index is 0.141. The highest BCUT2D eigenvalue weighted by Gasteiger charge is 2.25. The summed E-state index contributed by atoms with van der Waals surface area (Å²) < 4.78 is 18.4. The summed E-state index contributed by atoms with van der Waals surface area (Å²) in [7, 11) is 1.82. The van der Waals surface area contributed by atoms with Crippen molar-refractivity contribution in [1.29, 1.82) is 0 Å². The third-order valence-electron chi connectivity index (χ3n) is 5.90. The van der Waals surface area contributed by atoms with Crippen molar-refractivity contribution in [2.24, 2.45) is 5.92 Å². The van der Waals surface area contributed by atoms with E-state index in [0.29, 0.717) is 18.2 Å². The van der Waals surface area contributed by atoms with Gasteiger partial charge in [0.1, 0.15) is 11.5 Å². The Bertz CT molecular complexity index is 988. The molecule has 1 atom stereocenters. The van der Waals surface area contributed by atoms with Crippen LogP contribution in [-0.2, 0) is 6.42 Å². The van der Waals surface area contributed by atoms with Gasteiger partial charge >= 0.3 is 0 Å². The Kier molecular flexibility index (Phi) is 6.77. The molecule has 0 N–H and O–H groups in total. The molecule has 6 heteroatoms. The lowest BCUT2D eigenvalue weighted by atomic mass is 9.97. The second-order valence-corrected chi connectivity index (χ2v) is 8.31. The summed E-state index contributed by atoms with van der Waals surface area (Å²) in [5.41, 5.74) is 2.74. The second kappa shape index (κ2) is 9.88. The van der Waals surface area contributed by atoms with Crippen LogP contribution < -0.4 is 0 Å². The van der Waals surface area contributed by atoms with Crippen LogP contribution in [0, 0.1) is 11.7 Å². The lowest BCUT2D eigenvalue weighted by molar-refractivity contribution is 0.0690. The first-order valence-corrected chi connectivity index (χ1v) is 10.8. The molecule has 1 aromatic heterocycles. The number of halogens is 1. The van der Waals surface area contributed by atoms with Crippen molar-refractivity contribution in [3.63, 3.8) is 0 Å². The van der Waals surface area contributed by atoms with Crippen molar-refractivity contribution < 1.29 is 13.7 Å². The van der Waals surface area contributed by atoms with Gasteiger partial charge in [-0.05, 0) is 49.4 Å². The Hall–Kier alpha value is -2.99. The van der Waals surface area contributed by atoms with Crippen molar-refractivity contribution in [3.05, 3.63) is 77.8 Å². The number of aromatic nitrogens is 1. The number of amides is 1. The van der Waals surface area contributed by atoms with Crippen LogP contribution >= 0.6 is 0 Å². The Labute approximate surface area is 182 Å². The minimum atomic E-state index is -0.197. The number of piperidine rings is 1. The third kappa shape index (κ3) is 5.58. The van der Waals surface area contributed by atoms with Crippen LogP contribution in [0.3, 0.4) is 0 Å². The predicted octanol–water partition coefficient (Wildman–Crippen LogP) is 4.51. The van der Waals surface area contributed by atoms with Gasteiger partial charge in [-0.3, -0.25) is 4.79 Å². The molecule has 4 rings (SSSR count). The molecular formula is C25H28FN3O2. The quantitative estimate of drug-likeness (QED) is 0.563. The summed E-state index contributed by atoms with van der Waals surface area (Å²) in [6.45, 7) is 3.66. The molecule has 0 radical (unpaired) electrons. The maximum Gasteiger partial charge on any atom is 0.292 e. The van der Waals surface area contributed by atoms with Gasteiger partial charge in [0.25, 0.3) is 5.91 Å². The average Bonchev–Trinajstić information content (AvgIpc) is 3.29. The maximum atomic E-state index is 13.1. The van der Waals surface area contributed by atoms with Crippen LogP contribution in [-0.4, -0.2) is 54.1 Å². The second-order valence-electron chi connectivity index (χ2n) is 8.31. The molecule has 0 aliphatic carbocycles. The molecule has 31 heavy (non-hydrogen) atoms. The number of benzene rings is 2. The van der Waals surface area contributed by atoms with Crippen molar-refractivity contribution in [2.45, 2.75) is 19.3 Å². The molecule has 162 valence electrons. The van der Waals surface area contributed by atoms with Crippen LogP contribution in [0.5, 0.6) is 0 Å². The molecule has 2 heterocycles. The van der Waals surface area contributed by atoms with E-state index in [4.69, 9.17) is 4.52 Å². The maximum absolute atomic E-state index is 13.1. The van der Waals surface area contributed by atoms with E-state index in [2.05, 4.69) is 10.1 Å².